The summed E-state index contributed by atoms with van der Waals surface area (Å²) < 4.78 is 24.3. The molecule has 1 atom stereocenters. The summed E-state index contributed by atoms with van der Waals surface area (Å²) in [5.41, 5.74) is 0.997. The van der Waals surface area contributed by atoms with Gasteiger partial charge in [-0.2, -0.15) is 0 Å². The number of ether oxygens (including phenoxy) is 2. The summed E-state index contributed by atoms with van der Waals surface area (Å²) in [5, 5.41) is 4.97. The number of carbonyl (C=O) groups excluding carboxylic acids is 2. The van der Waals surface area contributed by atoms with Gasteiger partial charge in [0.2, 0.25) is 0 Å². The molecule has 0 spiro atoms. The highest BCUT2D eigenvalue weighted by atomic mass is 19.1. The van der Waals surface area contributed by atoms with Crippen LogP contribution in [0.4, 0.5) is 10.1 Å². The summed E-state index contributed by atoms with van der Waals surface area (Å²) in [6, 6.07) is 10.8. The summed E-state index contributed by atoms with van der Waals surface area (Å²) in [5.74, 6) is -1.49. The molecule has 0 radical (unpaired) electrons. The van der Waals surface area contributed by atoms with Crippen LogP contribution in [0.3, 0.4) is 0 Å². The van der Waals surface area contributed by atoms with Gasteiger partial charge in [-0.25, -0.2) is 4.39 Å². The van der Waals surface area contributed by atoms with E-state index >= 15 is 0 Å². The number of hydrogen-bond acceptors (Lipinski definition) is 4. The minimum absolute atomic E-state index is 0.0871. The van der Waals surface area contributed by atoms with Gasteiger partial charge in [-0.1, -0.05) is 12.1 Å². The van der Waals surface area contributed by atoms with E-state index in [1.807, 2.05) is 19.1 Å². The molecule has 0 aliphatic rings. The van der Waals surface area contributed by atoms with E-state index in [1.54, 1.807) is 26.0 Å². The molecule has 0 heterocycles. The Morgan fingerprint density at radius 1 is 1.00 bits per heavy atom. The van der Waals surface area contributed by atoms with Crippen LogP contribution in [0.1, 0.15) is 32.4 Å². The summed E-state index contributed by atoms with van der Waals surface area (Å²) >= 11 is 0. The van der Waals surface area contributed by atoms with E-state index in [1.165, 1.54) is 12.1 Å². The van der Waals surface area contributed by atoms with Crippen molar-refractivity contribution in [3.8, 4) is 11.5 Å². The first kappa shape index (κ1) is 20.2. The third-order valence-corrected chi connectivity index (χ3v) is 3.73. The van der Waals surface area contributed by atoms with Gasteiger partial charge < -0.3 is 20.1 Å². The smallest absolute Gasteiger partial charge is 0.313 e. The molecular weight excluding hydrogens is 351 g/mol. The summed E-state index contributed by atoms with van der Waals surface area (Å²) in [6.07, 6.45) is 0. The lowest BCUT2D eigenvalue weighted by Gasteiger charge is -2.15. The van der Waals surface area contributed by atoms with Gasteiger partial charge in [-0.3, -0.25) is 9.59 Å². The number of carbonyl (C=O) groups is 2. The molecule has 27 heavy (non-hydrogen) atoms. The molecule has 144 valence electrons. The molecule has 0 fully saturated rings. The predicted molar refractivity (Wildman–Crippen MR) is 100 cm³/mol. The minimum atomic E-state index is -0.878. The van der Waals surface area contributed by atoms with Gasteiger partial charge in [0.15, 0.2) is 11.6 Å². The fraction of sp³-hybridized carbons (Fsp3) is 0.300. The number of anilines is 1. The molecule has 0 aromatic heterocycles. The van der Waals surface area contributed by atoms with Crippen molar-refractivity contribution >= 4 is 17.5 Å². The second-order valence-corrected chi connectivity index (χ2v) is 5.73. The van der Waals surface area contributed by atoms with Crippen LogP contribution in [0.25, 0.3) is 0 Å². The van der Waals surface area contributed by atoms with Crippen molar-refractivity contribution in [3.63, 3.8) is 0 Å². The van der Waals surface area contributed by atoms with E-state index in [2.05, 4.69) is 10.6 Å². The molecule has 7 heteroatoms. The Kier molecular flexibility index (Phi) is 7.16. The molecule has 0 bridgehead atoms. The van der Waals surface area contributed by atoms with Gasteiger partial charge in [0.25, 0.3) is 0 Å². The van der Waals surface area contributed by atoms with Crippen molar-refractivity contribution in [2.24, 2.45) is 0 Å². The summed E-state index contributed by atoms with van der Waals surface area (Å²) in [6.45, 7) is 6.29. The summed E-state index contributed by atoms with van der Waals surface area (Å²) in [4.78, 5) is 24.1. The molecule has 0 aliphatic carbocycles. The topological polar surface area (TPSA) is 76.7 Å². The molecular formula is C20H23FN2O4. The molecule has 2 aromatic rings. The molecule has 1 unspecified atom stereocenters. The lowest BCUT2D eigenvalue weighted by atomic mass is 10.1. The molecule has 2 amide bonds. The van der Waals surface area contributed by atoms with Gasteiger partial charge >= 0.3 is 11.8 Å². The second kappa shape index (κ2) is 9.56. The van der Waals surface area contributed by atoms with E-state index < -0.39 is 17.6 Å². The first-order chi connectivity index (χ1) is 12.9. The highest BCUT2D eigenvalue weighted by Crippen LogP contribution is 2.21. The van der Waals surface area contributed by atoms with Crippen molar-refractivity contribution in [2.75, 3.05) is 18.5 Å². The average Bonchev–Trinajstić information content (AvgIpc) is 2.64. The van der Waals surface area contributed by atoms with Crippen molar-refractivity contribution in [1.29, 1.82) is 0 Å². The van der Waals surface area contributed by atoms with E-state index in [4.69, 9.17) is 9.47 Å². The lowest BCUT2D eigenvalue weighted by Crippen LogP contribution is -2.36. The second-order valence-electron chi connectivity index (χ2n) is 5.73. The molecule has 0 saturated carbocycles. The third-order valence-electron chi connectivity index (χ3n) is 3.73. The van der Waals surface area contributed by atoms with Gasteiger partial charge in [-0.15, -0.1) is 0 Å². The Labute approximate surface area is 157 Å². The van der Waals surface area contributed by atoms with Gasteiger partial charge in [-0.05, 0) is 50.6 Å². The maximum absolute atomic E-state index is 13.8. The van der Waals surface area contributed by atoms with Gasteiger partial charge in [0, 0.05) is 11.8 Å². The maximum atomic E-state index is 13.8. The fourth-order valence-corrected chi connectivity index (χ4v) is 2.40. The zero-order valence-corrected chi connectivity index (χ0v) is 15.5. The number of benzene rings is 2. The molecule has 2 aromatic carbocycles. The van der Waals surface area contributed by atoms with E-state index in [0.717, 1.165) is 17.4 Å². The Balaban J connectivity index is 1.94. The van der Waals surface area contributed by atoms with E-state index in [0.29, 0.717) is 13.2 Å². The monoisotopic (exact) mass is 374 g/mol. The Morgan fingerprint density at radius 3 is 2.26 bits per heavy atom. The van der Waals surface area contributed by atoms with E-state index in [-0.39, 0.29) is 17.5 Å². The number of rotatable bonds is 7. The first-order valence-electron chi connectivity index (χ1n) is 8.71. The first-order valence-corrected chi connectivity index (χ1v) is 8.71. The number of nitrogens with one attached hydrogen (secondary N) is 2. The number of hydrogen-bond donors (Lipinski definition) is 2. The molecule has 0 saturated heterocycles. The normalized spacial score (nSPS) is 11.4. The highest BCUT2D eigenvalue weighted by molar-refractivity contribution is 6.39. The van der Waals surface area contributed by atoms with Crippen LogP contribution in [0, 0.1) is 5.82 Å². The highest BCUT2D eigenvalue weighted by Gasteiger charge is 2.18. The van der Waals surface area contributed by atoms with E-state index in [9.17, 15) is 14.0 Å². The van der Waals surface area contributed by atoms with Gasteiger partial charge in [0.1, 0.15) is 5.75 Å². The summed E-state index contributed by atoms with van der Waals surface area (Å²) in [7, 11) is 0. The third kappa shape index (κ3) is 5.70. The standard InChI is InChI=1S/C20H23FN2O4/c1-4-26-16-9-6-14(7-10-16)13(3)22-19(24)20(25)23-15-8-11-18(27-5-2)17(21)12-15/h6-13H,4-5H2,1-3H3,(H,22,24)(H,23,25). The Hall–Kier alpha value is -3.09. The molecule has 6 nitrogen and oxygen atoms in total. The molecule has 0 aliphatic heterocycles. The molecule has 2 N–H and O–H groups in total. The number of amides is 2. The lowest BCUT2D eigenvalue weighted by molar-refractivity contribution is -0.136. The van der Waals surface area contributed by atoms with Crippen LogP contribution in [0.15, 0.2) is 42.5 Å². The van der Waals surface area contributed by atoms with Crippen LogP contribution in [-0.2, 0) is 9.59 Å². The Morgan fingerprint density at radius 2 is 1.67 bits per heavy atom. The van der Waals surface area contributed by atoms with Crippen molar-refractivity contribution in [3.05, 3.63) is 53.8 Å². The zero-order valence-electron chi connectivity index (χ0n) is 15.5. The largest absolute Gasteiger partial charge is 0.494 e. The van der Waals surface area contributed by atoms with Crippen LogP contribution in [-0.4, -0.2) is 25.0 Å². The van der Waals surface area contributed by atoms with Crippen LogP contribution in [0.2, 0.25) is 0 Å². The van der Waals surface area contributed by atoms with Crippen LogP contribution in [0.5, 0.6) is 11.5 Å². The van der Waals surface area contributed by atoms with Crippen molar-refractivity contribution in [2.45, 2.75) is 26.8 Å². The minimum Gasteiger partial charge on any atom is -0.494 e. The van der Waals surface area contributed by atoms with Crippen LogP contribution < -0.4 is 20.1 Å². The SMILES string of the molecule is CCOc1ccc(C(C)NC(=O)C(=O)Nc2ccc(OCC)c(F)c2)cc1. The molecule has 2 rings (SSSR count). The quantitative estimate of drug-likeness (QED) is 0.728. The number of halogens is 1. The maximum Gasteiger partial charge on any atom is 0.313 e. The Bertz CT molecular complexity index is 793. The van der Waals surface area contributed by atoms with Crippen molar-refractivity contribution in [1.82, 2.24) is 5.32 Å². The van der Waals surface area contributed by atoms with Crippen molar-refractivity contribution < 1.29 is 23.5 Å². The van der Waals surface area contributed by atoms with Gasteiger partial charge in [0.05, 0.1) is 19.3 Å². The zero-order chi connectivity index (χ0) is 19.8. The van der Waals surface area contributed by atoms with Crippen LogP contribution >= 0.6 is 0 Å². The fourth-order valence-electron chi connectivity index (χ4n) is 2.40. The predicted octanol–water partition coefficient (Wildman–Crippen LogP) is 3.44. The average molecular weight is 374 g/mol.